The maximum absolute atomic E-state index is 12.1. The van der Waals surface area contributed by atoms with Crippen molar-refractivity contribution in [1.29, 1.82) is 0 Å². The van der Waals surface area contributed by atoms with Crippen LogP contribution in [-0.2, 0) is 4.79 Å². The molecule has 0 spiro atoms. The van der Waals surface area contributed by atoms with Crippen molar-refractivity contribution < 1.29 is 4.79 Å². The van der Waals surface area contributed by atoms with Crippen molar-refractivity contribution in [1.82, 2.24) is 20.2 Å². The number of aromatic nitrogens is 4. The maximum atomic E-state index is 12.1. The lowest BCUT2D eigenvalue weighted by Gasteiger charge is -2.18. The lowest BCUT2D eigenvalue weighted by Crippen LogP contribution is -2.40. The number of hydrogen-bond donors (Lipinski definition) is 2. The van der Waals surface area contributed by atoms with Gasteiger partial charge in [-0.25, -0.2) is 4.68 Å². The summed E-state index contributed by atoms with van der Waals surface area (Å²) in [5, 5.41) is 13.9. The molecule has 0 saturated carbocycles. The average Bonchev–Trinajstić information content (AvgIpc) is 3.01. The molecule has 1 heterocycles. The molecule has 112 valence electrons. The zero-order chi connectivity index (χ0) is 15.4. The molecule has 7 nitrogen and oxygen atoms in total. The first-order valence-electron chi connectivity index (χ1n) is 6.93. The second-order valence-corrected chi connectivity index (χ2v) is 5.16. The van der Waals surface area contributed by atoms with Gasteiger partial charge in [-0.05, 0) is 41.0 Å². The Balaban J connectivity index is 2.18. The van der Waals surface area contributed by atoms with E-state index in [1.807, 2.05) is 39.0 Å². The molecule has 2 aromatic rings. The number of tetrazole rings is 1. The smallest absolute Gasteiger partial charge is 0.241 e. The molecule has 2 rings (SSSR count). The Labute approximate surface area is 123 Å². The zero-order valence-electron chi connectivity index (χ0n) is 12.4. The topological polar surface area (TPSA) is 98.7 Å². The van der Waals surface area contributed by atoms with Crippen LogP contribution in [0.5, 0.6) is 0 Å². The van der Waals surface area contributed by atoms with Gasteiger partial charge in [-0.2, -0.15) is 0 Å². The van der Waals surface area contributed by atoms with Crippen LogP contribution in [-0.4, -0.2) is 32.2 Å². The van der Waals surface area contributed by atoms with Crippen LogP contribution in [0.3, 0.4) is 0 Å². The summed E-state index contributed by atoms with van der Waals surface area (Å²) in [5.41, 5.74) is 8.43. The maximum Gasteiger partial charge on any atom is 0.241 e. The number of anilines is 1. The third-order valence-electron chi connectivity index (χ3n) is 3.63. The lowest BCUT2D eigenvalue weighted by molar-refractivity contribution is -0.118. The van der Waals surface area contributed by atoms with Crippen molar-refractivity contribution >= 4 is 11.6 Å². The number of nitrogens with two attached hydrogens (primary N) is 1. The Morgan fingerprint density at radius 3 is 2.86 bits per heavy atom. The van der Waals surface area contributed by atoms with E-state index in [9.17, 15) is 4.79 Å². The van der Waals surface area contributed by atoms with E-state index in [1.54, 1.807) is 4.68 Å². The van der Waals surface area contributed by atoms with Gasteiger partial charge in [-0.15, -0.1) is 5.10 Å². The van der Waals surface area contributed by atoms with Crippen molar-refractivity contribution in [2.45, 2.75) is 33.2 Å². The van der Waals surface area contributed by atoms with E-state index in [0.717, 1.165) is 17.7 Å². The second-order valence-electron chi connectivity index (χ2n) is 5.16. The monoisotopic (exact) mass is 288 g/mol. The zero-order valence-corrected chi connectivity index (χ0v) is 12.4. The van der Waals surface area contributed by atoms with E-state index >= 15 is 0 Å². The molecule has 2 atom stereocenters. The molecule has 0 radical (unpaired) electrons. The van der Waals surface area contributed by atoms with Gasteiger partial charge in [-0.1, -0.05) is 26.3 Å². The van der Waals surface area contributed by atoms with E-state index in [2.05, 4.69) is 20.8 Å². The Morgan fingerprint density at radius 1 is 1.48 bits per heavy atom. The van der Waals surface area contributed by atoms with Gasteiger partial charge < -0.3 is 11.1 Å². The minimum absolute atomic E-state index is 0.134. The number of rotatable bonds is 5. The predicted molar refractivity (Wildman–Crippen MR) is 80.0 cm³/mol. The summed E-state index contributed by atoms with van der Waals surface area (Å²) in [5.74, 6) is -0.0506. The van der Waals surface area contributed by atoms with Crippen LogP contribution in [0.25, 0.3) is 5.69 Å². The van der Waals surface area contributed by atoms with Gasteiger partial charge in [0.2, 0.25) is 5.91 Å². The van der Waals surface area contributed by atoms with Crippen LogP contribution >= 0.6 is 0 Å². The third-order valence-corrected chi connectivity index (χ3v) is 3.63. The third kappa shape index (κ3) is 3.43. The van der Waals surface area contributed by atoms with E-state index in [1.165, 1.54) is 6.33 Å². The van der Waals surface area contributed by atoms with Gasteiger partial charge in [0, 0.05) is 5.69 Å². The van der Waals surface area contributed by atoms with Crippen molar-refractivity contribution in [2.75, 3.05) is 5.32 Å². The van der Waals surface area contributed by atoms with Crippen molar-refractivity contribution in [3.63, 3.8) is 0 Å². The number of carbonyl (C=O) groups is 1. The number of benzene rings is 1. The Hall–Kier alpha value is -2.28. The fourth-order valence-electron chi connectivity index (χ4n) is 1.94. The average molecular weight is 288 g/mol. The molecule has 0 saturated heterocycles. The Kier molecular flexibility index (Phi) is 4.64. The molecule has 0 aliphatic rings. The standard InChI is InChI=1S/C14H20N6O/c1-4-9(2)13(15)14(21)17-11-6-5-10(3)12(7-11)20-8-16-18-19-20/h5-9,13H,4,15H2,1-3H3,(H,17,21)/t9-,13-/m0/s1. The Bertz CT molecular complexity index is 610. The van der Waals surface area contributed by atoms with Gasteiger partial charge in [0.25, 0.3) is 0 Å². The molecule has 0 aliphatic carbocycles. The summed E-state index contributed by atoms with van der Waals surface area (Å²) in [4.78, 5) is 12.1. The fourth-order valence-corrected chi connectivity index (χ4v) is 1.94. The number of nitrogens with one attached hydrogen (secondary N) is 1. The number of hydrogen-bond acceptors (Lipinski definition) is 5. The molecular weight excluding hydrogens is 268 g/mol. The lowest BCUT2D eigenvalue weighted by atomic mass is 9.99. The highest BCUT2D eigenvalue weighted by Crippen LogP contribution is 2.19. The Morgan fingerprint density at radius 2 is 2.24 bits per heavy atom. The van der Waals surface area contributed by atoms with E-state index in [0.29, 0.717) is 5.69 Å². The summed E-state index contributed by atoms with van der Waals surface area (Å²) in [6.45, 7) is 5.93. The summed E-state index contributed by atoms with van der Waals surface area (Å²) in [7, 11) is 0. The van der Waals surface area contributed by atoms with Crippen LogP contribution < -0.4 is 11.1 Å². The van der Waals surface area contributed by atoms with Crippen molar-refractivity contribution in [3.8, 4) is 5.69 Å². The minimum atomic E-state index is -0.521. The molecule has 3 N–H and O–H groups in total. The van der Waals surface area contributed by atoms with Crippen LogP contribution in [0.4, 0.5) is 5.69 Å². The second kappa shape index (κ2) is 6.45. The molecule has 0 bridgehead atoms. The van der Waals surface area contributed by atoms with Gasteiger partial charge in [0.1, 0.15) is 6.33 Å². The summed E-state index contributed by atoms with van der Waals surface area (Å²) >= 11 is 0. The van der Waals surface area contributed by atoms with Gasteiger partial charge in [-0.3, -0.25) is 4.79 Å². The van der Waals surface area contributed by atoms with Crippen LogP contribution in [0.1, 0.15) is 25.8 Å². The van der Waals surface area contributed by atoms with Crippen LogP contribution in [0.2, 0.25) is 0 Å². The van der Waals surface area contributed by atoms with Crippen LogP contribution in [0, 0.1) is 12.8 Å². The quantitative estimate of drug-likeness (QED) is 0.863. The minimum Gasteiger partial charge on any atom is -0.325 e. The summed E-state index contributed by atoms with van der Waals surface area (Å²) < 4.78 is 1.56. The molecule has 0 aliphatic heterocycles. The molecule has 0 fully saturated rings. The van der Waals surface area contributed by atoms with Crippen molar-refractivity contribution in [2.24, 2.45) is 11.7 Å². The van der Waals surface area contributed by atoms with Gasteiger partial charge in [0.05, 0.1) is 11.7 Å². The fraction of sp³-hybridized carbons (Fsp3) is 0.429. The SMILES string of the molecule is CC[C@H](C)[C@H](N)C(=O)Nc1ccc(C)c(-n2cnnn2)c1. The van der Waals surface area contributed by atoms with E-state index in [4.69, 9.17) is 5.73 Å². The highest BCUT2D eigenvalue weighted by molar-refractivity contribution is 5.95. The summed E-state index contributed by atoms with van der Waals surface area (Å²) in [6, 6.07) is 5.05. The van der Waals surface area contributed by atoms with Crippen molar-refractivity contribution in [3.05, 3.63) is 30.1 Å². The van der Waals surface area contributed by atoms with E-state index in [-0.39, 0.29) is 11.8 Å². The molecule has 1 aromatic heterocycles. The molecular formula is C14H20N6O. The van der Waals surface area contributed by atoms with Gasteiger partial charge in [0.15, 0.2) is 0 Å². The highest BCUT2D eigenvalue weighted by atomic mass is 16.2. The van der Waals surface area contributed by atoms with E-state index < -0.39 is 6.04 Å². The first kappa shape index (κ1) is 15.1. The number of nitrogens with zero attached hydrogens (tertiary/aromatic N) is 4. The first-order valence-corrected chi connectivity index (χ1v) is 6.93. The normalized spacial score (nSPS) is 13.7. The highest BCUT2D eigenvalue weighted by Gasteiger charge is 2.19. The predicted octanol–water partition coefficient (Wildman–Crippen LogP) is 1.28. The molecule has 1 aromatic carbocycles. The van der Waals surface area contributed by atoms with Crippen LogP contribution in [0.15, 0.2) is 24.5 Å². The summed E-state index contributed by atoms with van der Waals surface area (Å²) in [6.07, 6.45) is 2.37. The largest absolute Gasteiger partial charge is 0.325 e. The molecule has 21 heavy (non-hydrogen) atoms. The number of amides is 1. The molecule has 1 amide bonds. The first-order chi connectivity index (χ1) is 10.0. The number of aryl methyl sites for hydroxylation is 1. The molecule has 7 heteroatoms. The van der Waals surface area contributed by atoms with Gasteiger partial charge >= 0.3 is 0 Å². The number of carbonyl (C=O) groups excluding carboxylic acids is 1. The molecule has 0 unspecified atom stereocenters.